The zero-order valence-electron chi connectivity index (χ0n) is 14.5. The zero-order valence-corrected chi connectivity index (χ0v) is 14.5. The van der Waals surface area contributed by atoms with E-state index in [9.17, 15) is 10.1 Å². The molecule has 9 heteroatoms. The lowest BCUT2D eigenvalue weighted by Gasteiger charge is -2.11. The van der Waals surface area contributed by atoms with Crippen molar-refractivity contribution >= 4 is 23.4 Å². The summed E-state index contributed by atoms with van der Waals surface area (Å²) in [6, 6.07) is 3.69. The smallest absolute Gasteiger partial charge is 0.322 e. The van der Waals surface area contributed by atoms with Crippen LogP contribution in [0.2, 0.25) is 0 Å². The molecule has 26 heavy (non-hydrogen) atoms. The van der Waals surface area contributed by atoms with E-state index >= 15 is 0 Å². The fourth-order valence-electron chi connectivity index (χ4n) is 2.42. The molecule has 0 aliphatic heterocycles. The highest BCUT2D eigenvalue weighted by Crippen LogP contribution is 2.28. The molecule has 4 N–H and O–H groups in total. The molecule has 0 saturated heterocycles. The summed E-state index contributed by atoms with van der Waals surface area (Å²) in [4.78, 5) is 13.7. The number of nitrogens with one attached hydrogen (secondary N) is 3. The van der Waals surface area contributed by atoms with Crippen molar-refractivity contribution in [1.82, 2.24) is 14.8 Å². The molecule has 0 spiro atoms. The third-order valence-corrected chi connectivity index (χ3v) is 3.60. The molecule has 1 atom stereocenters. The number of ether oxygens (including phenoxy) is 1. The van der Waals surface area contributed by atoms with Crippen molar-refractivity contribution in [2.24, 2.45) is 0 Å². The SMILES string of the molecule is CCOC(C)n1cc(/C(=C(\C#N)C=N)c2cc(NCC(=O)O)c[nH]2)cn1. The first-order valence-corrected chi connectivity index (χ1v) is 7.95. The van der Waals surface area contributed by atoms with E-state index in [0.29, 0.717) is 29.1 Å². The van der Waals surface area contributed by atoms with Crippen molar-refractivity contribution < 1.29 is 14.6 Å². The van der Waals surface area contributed by atoms with Crippen molar-refractivity contribution in [2.45, 2.75) is 20.1 Å². The minimum atomic E-state index is -0.980. The molecule has 2 aromatic rings. The molecule has 0 aromatic carbocycles. The van der Waals surface area contributed by atoms with Gasteiger partial charge in [0.15, 0.2) is 0 Å². The van der Waals surface area contributed by atoms with E-state index in [1.165, 1.54) is 0 Å². The Morgan fingerprint density at radius 3 is 3.04 bits per heavy atom. The van der Waals surface area contributed by atoms with E-state index in [4.69, 9.17) is 15.3 Å². The van der Waals surface area contributed by atoms with Crippen LogP contribution in [0.3, 0.4) is 0 Å². The molecule has 2 aromatic heterocycles. The minimum Gasteiger partial charge on any atom is -0.480 e. The van der Waals surface area contributed by atoms with Crippen LogP contribution in [0.15, 0.2) is 30.2 Å². The number of hydrogen-bond acceptors (Lipinski definition) is 6. The molecule has 0 saturated carbocycles. The molecule has 0 aliphatic carbocycles. The fourth-order valence-corrected chi connectivity index (χ4v) is 2.42. The molecule has 0 radical (unpaired) electrons. The van der Waals surface area contributed by atoms with Crippen LogP contribution in [0.25, 0.3) is 5.57 Å². The summed E-state index contributed by atoms with van der Waals surface area (Å²) in [7, 11) is 0. The molecule has 0 aliphatic rings. The van der Waals surface area contributed by atoms with Gasteiger partial charge in [-0.3, -0.25) is 4.79 Å². The Bertz CT molecular complexity index is 858. The number of nitriles is 1. The zero-order chi connectivity index (χ0) is 19.1. The van der Waals surface area contributed by atoms with Crippen molar-refractivity contribution in [2.75, 3.05) is 18.5 Å². The fraction of sp³-hybridized carbons (Fsp3) is 0.294. The van der Waals surface area contributed by atoms with E-state index in [2.05, 4.69) is 15.4 Å². The maximum atomic E-state index is 10.7. The number of carboxylic acids is 1. The third kappa shape index (κ3) is 4.37. The number of allylic oxidation sites excluding steroid dienone is 1. The van der Waals surface area contributed by atoms with Crippen LogP contribution in [-0.4, -0.2) is 45.2 Å². The van der Waals surface area contributed by atoms with Crippen LogP contribution in [0.1, 0.15) is 31.3 Å². The van der Waals surface area contributed by atoms with E-state index < -0.39 is 5.97 Å². The molecule has 9 nitrogen and oxygen atoms in total. The second-order valence-electron chi connectivity index (χ2n) is 5.36. The lowest BCUT2D eigenvalue weighted by atomic mass is 10.0. The molecule has 0 fully saturated rings. The van der Waals surface area contributed by atoms with Crippen LogP contribution in [0, 0.1) is 16.7 Å². The lowest BCUT2D eigenvalue weighted by Crippen LogP contribution is -2.11. The van der Waals surface area contributed by atoms with Gasteiger partial charge in [-0.2, -0.15) is 10.4 Å². The molecule has 2 rings (SSSR count). The van der Waals surface area contributed by atoms with Gasteiger partial charge in [0.1, 0.15) is 18.8 Å². The average molecular weight is 356 g/mol. The Balaban J connectivity index is 2.41. The number of rotatable bonds is 9. The molecule has 136 valence electrons. The average Bonchev–Trinajstić information content (AvgIpc) is 3.27. The summed E-state index contributed by atoms with van der Waals surface area (Å²) in [5.74, 6) is -0.980. The summed E-state index contributed by atoms with van der Waals surface area (Å²) >= 11 is 0. The van der Waals surface area contributed by atoms with Gasteiger partial charge >= 0.3 is 5.97 Å². The van der Waals surface area contributed by atoms with Crippen LogP contribution in [-0.2, 0) is 9.53 Å². The summed E-state index contributed by atoms with van der Waals surface area (Å²) in [6.45, 7) is 4.06. The van der Waals surface area contributed by atoms with Gasteiger partial charge in [-0.05, 0) is 19.9 Å². The second-order valence-corrected chi connectivity index (χ2v) is 5.36. The quantitative estimate of drug-likeness (QED) is 0.401. The number of hydrogen-bond donors (Lipinski definition) is 4. The predicted molar refractivity (Wildman–Crippen MR) is 95.9 cm³/mol. The summed E-state index contributed by atoms with van der Waals surface area (Å²) in [6.07, 6.45) is 5.64. The number of carboxylic acid groups (broad SMARTS) is 1. The number of aliphatic carboxylic acids is 1. The minimum absolute atomic E-state index is 0.153. The Morgan fingerprint density at radius 2 is 2.42 bits per heavy atom. The highest BCUT2D eigenvalue weighted by Gasteiger charge is 2.16. The first-order valence-electron chi connectivity index (χ1n) is 7.95. The van der Waals surface area contributed by atoms with Gasteiger partial charge in [0, 0.05) is 42.0 Å². The predicted octanol–water partition coefficient (Wildman–Crippen LogP) is 2.24. The number of nitrogens with zero attached hydrogens (tertiary/aromatic N) is 3. The Labute approximate surface area is 150 Å². The largest absolute Gasteiger partial charge is 0.480 e. The van der Waals surface area contributed by atoms with Crippen molar-refractivity contribution in [1.29, 1.82) is 10.7 Å². The third-order valence-electron chi connectivity index (χ3n) is 3.60. The van der Waals surface area contributed by atoms with Gasteiger partial charge in [-0.15, -0.1) is 0 Å². The summed E-state index contributed by atoms with van der Waals surface area (Å²) in [5.41, 5.74) is 2.43. The molecular weight excluding hydrogens is 336 g/mol. The van der Waals surface area contributed by atoms with Crippen LogP contribution in [0.4, 0.5) is 5.69 Å². The first kappa shape index (κ1) is 19.0. The monoisotopic (exact) mass is 356 g/mol. The van der Waals surface area contributed by atoms with E-state index in [-0.39, 0.29) is 18.3 Å². The lowest BCUT2D eigenvalue weighted by molar-refractivity contribution is -0.134. The summed E-state index contributed by atoms with van der Waals surface area (Å²) in [5, 5.41) is 32.7. The van der Waals surface area contributed by atoms with Gasteiger partial charge in [-0.1, -0.05) is 0 Å². The highest BCUT2D eigenvalue weighted by atomic mass is 16.5. The van der Waals surface area contributed by atoms with Crippen LogP contribution < -0.4 is 5.32 Å². The maximum Gasteiger partial charge on any atom is 0.322 e. The van der Waals surface area contributed by atoms with Crippen LogP contribution >= 0.6 is 0 Å². The summed E-state index contributed by atoms with van der Waals surface area (Å²) < 4.78 is 7.13. The number of anilines is 1. The topological polar surface area (TPSA) is 140 Å². The number of aromatic amines is 1. The standard InChI is InChI=1S/C17H20N6O3/c1-3-26-11(2)23-10-13(7-22-23)17(12(5-18)6-19)15-4-14(8-21-15)20-9-16(24)25/h4-5,7-8,10-11,18,20-21H,3,9H2,1-2H3,(H,24,25)/b17-12+,18-5?. The van der Waals surface area contributed by atoms with Crippen molar-refractivity contribution in [3.05, 3.63) is 41.5 Å². The first-order chi connectivity index (χ1) is 12.5. The Kier molecular flexibility index (Phi) is 6.30. The highest BCUT2D eigenvalue weighted by molar-refractivity contribution is 5.98. The van der Waals surface area contributed by atoms with E-state index in [1.54, 1.807) is 29.3 Å². The number of carbonyl (C=O) groups is 1. The number of aromatic nitrogens is 3. The van der Waals surface area contributed by atoms with Crippen molar-refractivity contribution in [3.8, 4) is 6.07 Å². The molecule has 0 bridgehead atoms. The molecule has 2 heterocycles. The van der Waals surface area contributed by atoms with Crippen molar-refractivity contribution in [3.63, 3.8) is 0 Å². The van der Waals surface area contributed by atoms with E-state index in [0.717, 1.165) is 6.21 Å². The number of H-pyrrole nitrogens is 1. The molecule has 0 amide bonds. The van der Waals surface area contributed by atoms with Gasteiger partial charge < -0.3 is 25.6 Å². The second kappa shape index (κ2) is 8.64. The van der Waals surface area contributed by atoms with Gasteiger partial charge in [0.25, 0.3) is 0 Å². The molecular formula is C17H20N6O3. The van der Waals surface area contributed by atoms with Gasteiger partial charge in [-0.25, -0.2) is 4.68 Å². The normalized spacial score (nSPS) is 12.8. The van der Waals surface area contributed by atoms with Crippen LogP contribution in [0.5, 0.6) is 0 Å². The maximum absolute atomic E-state index is 10.7. The van der Waals surface area contributed by atoms with E-state index in [1.807, 2.05) is 19.9 Å². The Morgan fingerprint density at radius 1 is 1.65 bits per heavy atom. The van der Waals surface area contributed by atoms with Gasteiger partial charge in [0.2, 0.25) is 0 Å². The molecule has 1 unspecified atom stereocenters. The van der Waals surface area contributed by atoms with Gasteiger partial charge in [0.05, 0.1) is 17.5 Å². The Hall–Kier alpha value is -3.38.